The number of rotatable bonds is 5. The number of benzene rings is 2. The number of nitrogens with one attached hydrogen (secondary N) is 2. The molecule has 0 aliphatic carbocycles. The minimum atomic E-state index is -0.185. The monoisotopic (exact) mass is 464 g/mol. The SMILES string of the molecule is O=C(NCC1CC(=O)N(c2ccc(N3CCCCC3=O)cc2)C1)c1ccc2[nH]cc(Cl)c2c1. The van der Waals surface area contributed by atoms with Gasteiger partial charge in [-0.25, -0.2) is 0 Å². The number of anilines is 2. The van der Waals surface area contributed by atoms with Crippen molar-refractivity contribution in [3.05, 3.63) is 59.2 Å². The lowest BCUT2D eigenvalue weighted by molar-refractivity contribution is -0.119. The maximum absolute atomic E-state index is 12.6. The lowest BCUT2D eigenvalue weighted by Crippen LogP contribution is -2.35. The van der Waals surface area contributed by atoms with Gasteiger partial charge in [-0.15, -0.1) is 0 Å². The van der Waals surface area contributed by atoms with Crippen LogP contribution in [0.4, 0.5) is 11.4 Å². The molecule has 3 amide bonds. The molecule has 170 valence electrons. The number of aromatic amines is 1. The van der Waals surface area contributed by atoms with Crippen LogP contribution in [0.1, 0.15) is 36.0 Å². The van der Waals surface area contributed by atoms with Crippen LogP contribution in [0.15, 0.2) is 48.7 Å². The van der Waals surface area contributed by atoms with Crippen LogP contribution in [0.5, 0.6) is 0 Å². The predicted molar refractivity (Wildman–Crippen MR) is 129 cm³/mol. The zero-order valence-corrected chi connectivity index (χ0v) is 18.9. The number of halogens is 1. The average Bonchev–Trinajstić information content (AvgIpc) is 3.40. The molecule has 0 bridgehead atoms. The first-order valence-corrected chi connectivity index (χ1v) is 11.6. The lowest BCUT2D eigenvalue weighted by atomic mass is 10.1. The first-order valence-electron chi connectivity index (χ1n) is 11.3. The fourth-order valence-electron chi connectivity index (χ4n) is 4.63. The molecule has 1 unspecified atom stereocenters. The van der Waals surface area contributed by atoms with Crippen LogP contribution in [0.3, 0.4) is 0 Å². The van der Waals surface area contributed by atoms with Crippen molar-refractivity contribution < 1.29 is 14.4 Å². The normalized spacial score (nSPS) is 18.9. The van der Waals surface area contributed by atoms with Gasteiger partial charge in [0.15, 0.2) is 0 Å². The van der Waals surface area contributed by atoms with Crippen molar-refractivity contribution in [3.63, 3.8) is 0 Å². The Morgan fingerprint density at radius 2 is 1.79 bits per heavy atom. The Labute approximate surface area is 196 Å². The Morgan fingerprint density at radius 1 is 1.03 bits per heavy atom. The van der Waals surface area contributed by atoms with Gasteiger partial charge in [-0.1, -0.05) is 11.6 Å². The Morgan fingerprint density at radius 3 is 2.55 bits per heavy atom. The third-order valence-corrected chi connectivity index (χ3v) is 6.76. The maximum atomic E-state index is 12.6. The molecule has 2 aromatic carbocycles. The van der Waals surface area contributed by atoms with Crippen molar-refractivity contribution in [1.29, 1.82) is 0 Å². The molecule has 3 heterocycles. The summed E-state index contributed by atoms with van der Waals surface area (Å²) in [5, 5.41) is 4.33. The van der Waals surface area contributed by atoms with Crippen LogP contribution in [0, 0.1) is 5.92 Å². The topological polar surface area (TPSA) is 85.5 Å². The third kappa shape index (κ3) is 4.33. The first-order chi connectivity index (χ1) is 16.0. The Hall–Kier alpha value is -3.32. The van der Waals surface area contributed by atoms with E-state index >= 15 is 0 Å². The van der Waals surface area contributed by atoms with E-state index in [-0.39, 0.29) is 23.6 Å². The van der Waals surface area contributed by atoms with Gasteiger partial charge in [-0.3, -0.25) is 14.4 Å². The number of piperidine rings is 1. The largest absolute Gasteiger partial charge is 0.360 e. The number of aromatic nitrogens is 1. The van der Waals surface area contributed by atoms with Gasteiger partial charge < -0.3 is 20.1 Å². The van der Waals surface area contributed by atoms with Gasteiger partial charge >= 0.3 is 0 Å². The van der Waals surface area contributed by atoms with Gasteiger partial charge in [-0.2, -0.15) is 0 Å². The van der Waals surface area contributed by atoms with E-state index in [1.165, 1.54) is 0 Å². The zero-order valence-electron chi connectivity index (χ0n) is 18.1. The Bertz CT molecular complexity index is 1220. The second kappa shape index (κ2) is 8.90. The summed E-state index contributed by atoms with van der Waals surface area (Å²) in [4.78, 5) is 44.0. The fraction of sp³-hybridized carbons (Fsp3) is 0.320. The molecule has 0 radical (unpaired) electrons. The molecule has 1 atom stereocenters. The van der Waals surface area contributed by atoms with E-state index in [1.807, 2.05) is 35.2 Å². The Kier molecular flexibility index (Phi) is 5.81. The van der Waals surface area contributed by atoms with Crippen molar-refractivity contribution in [2.45, 2.75) is 25.7 Å². The molecule has 5 rings (SSSR count). The van der Waals surface area contributed by atoms with Gasteiger partial charge in [0.1, 0.15) is 0 Å². The number of carbonyl (C=O) groups excluding carboxylic acids is 3. The summed E-state index contributed by atoms with van der Waals surface area (Å²) in [6.45, 7) is 1.70. The van der Waals surface area contributed by atoms with E-state index in [1.54, 1.807) is 23.2 Å². The molecule has 33 heavy (non-hydrogen) atoms. The first kappa shape index (κ1) is 21.5. The number of hydrogen-bond donors (Lipinski definition) is 2. The highest BCUT2D eigenvalue weighted by Gasteiger charge is 2.31. The summed E-state index contributed by atoms with van der Waals surface area (Å²) in [6, 6.07) is 13.0. The molecular weight excluding hydrogens is 440 g/mol. The molecule has 7 nitrogen and oxygen atoms in total. The second-order valence-electron chi connectivity index (χ2n) is 8.70. The van der Waals surface area contributed by atoms with Gasteiger partial charge in [0, 0.05) is 72.4 Å². The fourth-order valence-corrected chi connectivity index (χ4v) is 4.84. The molecule has 2 aliphatic rings. The summed E-state index contributed by atoms with van der Waals surface area (Å²) in [6.07, 6.45) is 4.63. The average molecular weight is 465 g/mol. The van der Waals surface area contributed by atoms with E-state index in [0.29, 0.717) is 36.5 Å². The van der Waals surface area contributed by atoms with Crippen LogP contribution < -0.4 is 15.1 Å². The van der Waals surface area contributed by atoms with E-state index in [2.05, 4.69) is 10.3 Å². The highest BCUT2D eigenvalue weighted by molar-refractivity contribution is 6.35. The van der Waals surface area contributed by atoms with Gasteiger partial charge in [0.2, 0.25) is 11.8 Å². The molecule has 2 fully saturated rings. The number of carbonyl (C=O) groups is 3. The smallest absolute Gasteiger partial charge is 0.251 e. The van der Waals surface area contributed by atoms with E-state index in [4.69, 9.17) is 11.6 Å². The summed E-state index contributed by atoms with van der Waals surface area (Å²) in [5.41, 5.74) is 3.10. The highest BCUT2D eigenvalue weighted by Crippen LogP contribution is 2.29. The quantitative estimate of drug-likeness (QED) is 0.595. The molecule has 0 saturated carbocycles. The van der Waals surface area contributed by atoms with Gasteiger partial charge in [0.05, 0.1) is 5.02 Å². The van der Waals surface area contributed by atoms with Crippen LogP contribution >= 0.6 is 11.6 Å². The zero-order chi connectivity index (χ0) is 22.9. The van der Waals surface area contributed by atoms with Crippen molar-refractivity contribution >= 4 is 51.6 Å². The van der Waals surface area contributed by atoms with Gasteiger partial charge in [0.25, 0.3) is 5.91 Å². The molecule has 1 aromatic heterocycles. The lowest BCUT2D eigenvalue weighted by Gasteiger charge is -2.27. The summed E-state index contributed by atoms with van der Waals surface area (Å²) in [5.74, 6) is 0.0385. The molecule has 3 aromatic rings. The number of nitrogens with zero attached hydrogens (tertiary/aromatic N) is 2. The maximum Gasteiger partial charge on any atom is 0.251 e. The van der Waals surface area contributed by atoms with Crippen LogP contribution in [0.2, 0.25) is 5.02 Å². The number of H-pyrrole nitrogens is 1. The standard InChI is InChI=1S/C25H25ClN4O3/c26-21-14-27-22-9-4-17(12-20(21)22)25(33)28-13-16-11-24(32)30(15-16)19-7-5-18(6-8-19)29-10-2-1-3-23(29)31/h4-9,12,14,16,27H,1-3,10-11,13,15H2,(H,28,33). The van der Waals surface area contributed by atoms with E-state index in [9.17, 15) is 14.4 Å². The van der Waals surface area contributed by atoms with Crippen LogP contribution in [-0.4, -0.2) is 42.3 Å². The predicted octanol–water partition coefficient (Wildman–Crippen LogP) is 4.12. The van der Waals surface area contributed by atoms with Crippen LogP contribution in [-0.2, 0) is 9.59 Å². The van der Waals surface area contributed by atoms with E-state index < -0.39 is 0 Å². The summed E-state index contributed by atoms with van der Waals surface area (Å²) < 4.78 is 0. The van der Waals surface area contributed by atoms with Crippen LogP contribution in [0.25, 0.3) is 10.9 Å². The minimum absolute atomic E-state index is 0.0318. The molecule has 0 spiro atoms. The third-order valence-electron chi connectivity index (χ3n) is 6.45. The van der Waals surface area contributed by atoms with Crippen molar-refractivity contribution in [2.24, 2.45) is 5.92 Å². The molecule has 2 N–H and O–H groups in total. The summed E-state index contributed by atoms with van der Waals surface area (Å²) >= 11 is 6.16. The molecule has 2 aliphatic heterocycles. The van der Waals surface area contributed by atoms with Gasteiger partial charge in [-0.05, 0) is 55.3 Å². The highest BCUT2D eigenvalue weighted by atomic mass is 35.5. The van der Waals surface area contributed by atoms with Crippen molar-refractivity contribution in [2.75, 3.05) is 29.4 Å². The number of hydrogen-bond acceptors (Lipinski definition) is 3. The van der Waals surface area contributed by atoms with Crippen molar-refractivity contribution in [1.82, 2.24) is 10.3 Å². The molecule has 2 saturated heterocycles. The number of fused-ring (bicyclic) bond motifs is 1. The minimum Gasteiger partial charge on any atom is -0.360 e. The molecular formula is C25H25ClN4O3. The second-order valence-corrected chi connectivity index (χ2v) is 9.11. The summed E-state index contributed by atoms with van der Waals surface area (Å²) in [7, 11) is 0. The molecule has 8 heteroatoms. The van der Waals surface area contributed by atoms with E-state index in [0.717, 1.165) is 41.7 Å². The number of amides is 3. The Balaban J connectivity index is 1.20. The van der Waals surface area contributed by atoms with Crippen molar-refractivity contribution in [3.8, 4) is 0 Å².